The Labute approximate surface area is 175 Å². The van der Waals surface area contributed by atoms with Gasteiger partial charge >= 0.3 is 0 Å². The molecule has 2 aliphatic rings. The molecule has 0 heterocycles. The topological polar surface area (TPSA) is 9.23 Å². The van der Waals surface area contributed by atoms with Crippen LogP contribution in [0.1, 0.15) is 89.2 Å². The molecule has 0 aromatic heterocycles. The minimum Gasteiger partial charge on any atom is -0.491 e. The quantitative estimate of drug-likeness (QED) is 0.446. The van der Waals surface area contributed by atoms with Crippen molar-refractivity contribution < 1.29 is 13.5 Å². The summed E-state index contributed by atoms with van der Waals surface area (Å²) >= 11 is 0. The Morgan fingerprint density at radius 1 is 0.931 bits per heavy atom. The molecule has 1 aromatic carbocycles. The number of benzene rings is 1. The molecule has 0 amide bonds. The van der Waals surface area contributed by atoms with E-state index in [1.54, 1.807) is 19.1 Å². The van der Waals surface area contributed by atoms with Crippen LogP contribution in [0, 0.1) is 42.2 Å². The standard InChI is InChI=1S/C26H38F2O/c1-4-6-19-7-12-21(13-8-19)22-14-9-20(10-15-22)11-16-23-18(3)17-24(29-5-2)26(28)25(23)27/h11,16-17,19-22H,4-10,12-15H2,1-3H3/b16-11+. The molecule has 0 spiro atoms. The van der Waals surface area contributed by atoms with Crippen LogP contribution in [0.3, 0.4) is 0 Å². The lowest BCUT2D eigenvalue weighted by Gasteiger charge is -2.37. The summed E-state index contributed by atoms with van der Waals surface area (Å²) in [4.78, 5) is 0. The fraction of sp³-hybridized carbons (Fsp3) is 0.692. The summed E-state index contributed by atoms with van der Waals surface area (Å²) in [5.41, 5.74) is 1.09. The van der Waals surface area contributed by atoms with Crippen LogP contribution < -0.4 is 4.74 Å². The van der Waals surface area contributed by atoms with E-state index in [0.717, 1.165) is 23.3 Å². The number of ether oxygens (including phenoxy) is 1. The first-order chi connectivity index (χ1) is 14.0. The van der Waals surface area contributed by atoms with E-state index in [4.69, 9.17) is 4.74 Å². The number of hydrogen-bond acceptors (Lipinski definition) is 1. The van der Waals surface area contributed by atoms with Crippen LogP contribution in [-0.4, -0.2) is 6.61 Å². The van der Waals surface area contributed by atoms with Gasteiger partial charge in [0.1, 0.15) is 0 Å². The highest BCUT2D eigenvalue weighted by molar-refractivity contribution is 5.57. The first-order valence-corrected chi connectivity index (χ1v) is 11.8. The van der Waals surface area contributed by atoms with Crippen LogP contribution in [-0.2, 0) is 0 Å². The van der Waals surface area contributed by atoms with Crippen molar-refractivity contribution in [3.05, 3.63) is 34.9 Å². The Kier molecular flexibility index (Phi) is 8.15. The van der Waals surface area contributed by atoms with E-state index in [0.29, 0.717) is 18.1 Å². The van der Waals surface area contributed by atoms with Gasteiger partial charge in [-0.3, -0.25) is 0 Å². The Bertz CT molecular complexity index is 680. The van der Waals surface area contributed by atoms with E-state index in [9.17, 15) is 8.78 Å². The van der Waals surface area contributed by atoms with Crippen molar-refractivity contribution in [2.75, 3.05) is 6.61 Å². The van der Waals surface area contributed by atoms with Gasteiger partial charge in [-0.1, -0.05) is 44.8 Å². The maximum atomic E-state index is 14.5. The molecule has 3 rings (SSSR count). The second-order valence-corrected chi connectivity index (χ2v) is 9.27. The van der Waals surface area contributed by atoms with Crippen molar-refractivity contribution in [3.63, 3.8) is 0 Å². The molecule has 2 aliphatic carbocycles. The fourth-order valence-electron chi connectivity index (χ4n) is 5.60. The maximum Gasteiger partial charge on any atom is 0.201 e. The third-order valence-corrected chi connectivity index (χ3v) is 7.32. The van der Waals surface area contributed by atoms with E-state index in [2.05, 4.69) is 13.0 Å². The summed E-state index contributed by atoms with van der Waals surface area (Å²) < 4.78 is 33.9. The Balaban J connectivity index is 1.53. The van der Waals surface area contributed by atoms with Crippen molar-refractivity contribution in [2.24, 2.45) is 23.7 Å². The molecule has 3 heteroatoms. The van der Waals surface area contributed by atoms with Crippen LogP contribution >= 0.6 is 0 Å². The minimum atomic E-state index is -0.875. The van der Waals surface area contributed by atoms with E-state index < -0.39 is 11.6 Å². The predicted molar refractivity (Wildman–Crippen MR) is 117 cm³/mol. The summed E-state index contributed by atoms with van der Waals surface area (Å²) in [6.45, 7) is 6.22. The smallest absolute Gasteiger partial charge is 0.201 e. The van der Waals surface area contributed by atoms with Crippen molar-refractivity contribution in [3.8, 4) is 5.75 Å². The number of hydrogen-bond donors (Lipinski definition) is 0. The third kappa shape index (κ3) is 5.61. The highest BCUT2D eigenvalue weighted by Crippen LogP contribution is 2.42. The molecule has 0 saturated heterocycles. The first-order valence-electron chi connectivity index (χ1n) is 11.8. The van der Waals surface area contributed by atoms with Gasteiger partial charge in [-0.2, -0.15) is 4.39 Å². The van der Waals surface area contributed by atoms with Crippen LogP contribution in [0.25, 0.3) is 6.08 Å². The lowest BCUT2D eigenvalue weighted by Crippen LogP contribution is -2.25. The van der Waals surface area contributed by atoms with Gasteiger partial charge in [0.15, 0.2) is 11.6 Å². The fourth-order valence-corrected chi connectivity index (χ4v) is 5.60. The average molecular weight is 405 g/mol. The van der Waals surface area contributed by atoms with Gasteiger partial charge in [0, 0.05) is 5.56 Å². The molecule has 0 unspecified atom stereocenters. The molecule has 0 N–H and O–H groups in total. The van der Waals surface area contributed by atoms with Crippen molar-refractivity contribution in [1.29, 1.82) is 0 Å². The van der Waals surface area contributed by atoms with Crippen molar-refractivity contribution in [2.45, 2.75) is 85.0 Å². The van der Waals surface area contributed by atoms with Gasteiger partial charge in [0.25, 0.3) is 0 Å². The number of aryl methyl sites for hydroxylation is 1. The van der Waals surface area contributed by atoms with Crippen LogP contribution in [0.5, 0.6) is 5.75 Å². The molecular weight excluding hydrogens is 366 g/mol. The molecule has 0 aliphatic heterocycles. The second kappa shape index (κ2) is 10.6. The monoisotopic (exact) mass is 404 g/mol. The van der Waals surface area contributed by atoms with Gasteiger partial charge in [-0.25, -0.2) is 4.39 Å². The van der Waals surface area contributed by atoms with Gasteiger partial charge < -0.3 is 4.74 Å². The molecular formula is C26H38F2O. The Hall–Kier alpha value is -1.38. The first kappa shape index (κ1) is 22.3. The van der Waals surface area contributed by atoms with Crippen LogP contribution in [0.15, 0.2) is 12.1 Å². The number of allylic oxidation sites excluding steroid dienone is 1. The SMILES string of the molecule is CCCC1CCC(C2CCC(/C=C/c3c(C)cc(OCC)c(F)c3F)CC2)CC1. The molecule has 29 heavy (non-hydrogen) atoms. The molecule has 162 valence electrons. The third-order valence-electron chi connectivity index (χ3n) is 7.32. The predicted octanol–water partition coefficient (Wildman–Crippen LogP) is 8.10. The van der Waals surface area contributed by atoms with Crippen molar-refractivity contribution in [1.82, 2.24) is 0 Å². The average Bonchev–Trinajstić information content (AvgIpc) is 2.73. The zero-order valence-electron chi connectivity index (χ0n) is 18.5. The normalized spacial score (nSPS) is 28.0. The zero-order chi connectivity index (χ0) is 20.8. The summed E-state index contributed by atoms with van der Waals surface area (Å²) in [5.74, 6) is 1.60. The van der Waals surface area contributed by atoms with Crippen molar-refractivity contribution >= 4 is 6.08 Å². The Morgan fingerprint density at radius 3 is 2.14 bits per heavy atom. The van der Waals surface area contributed by atoms with Gasteiger partial charge in [-0.15, -0.1) is 0 Å². The van der Waals surface area contributed by atoms with Crippen LogP contribution in [0.4, 0.5) is 8.78 Å². The molecule has 2 saturated carbocycles. The summed E-state index contributed by atoms with van der Waals surface area (Å²) in [6, 6.07) is 1.60. The Morgan fingerprint density at radius 2 is 1.55 bits per heavy atom. The highest BCUT2D eigenvalue weighted by atomic mass is 19.2. The number of halogens is 2. The molecule has 0 bridgehead atoms. The molecule has 2 fully saturated rings. The number of rotatable bonds is 7. The molecule has 1 nitrogen and oxygen atoms in total. The second-order valence-electron chi connectivity index (χ2n) is 9.27. The van der Waals surface area contributed by atoms with Crippen LogP contribution in [0.2, 0.25) is 0 Å². The minimum absolute atomic E-state index is 0.00816. The molecule has 0 radical (unpaired) electrons. The zero-order valence-corrected chi connectivity index (χ0v) is 18.5. The largest absolute Gasteiger partial charge is 0.491 e. The maximum absolute atomic E-state index is 14.5. The summed E-state index contributed by atoms with van der Waals surface area (Å²) in [5, 5.41) is 0. The molecule has 1 aromatic rings. The molecule has 0 atom stereocenters. The lowest BCUT2D eigenvalue weighted by molar-refractivity contribution is 0.152. The van der Waals surface area contributed by atoms with E-state index in [1.165, 1.54) is 64.2 Å². The van der Waals surface area contributed by atoms with E-state index in [-0.39, 0.29) is 5.75 Å². The van der Waals surface area contributed by atoms with Gasteiger partial charge in [0.05, 0.1) is 6.61 Å². The van der Waals surface area contributed by atoms with E-state index in [1.807, 2.05) is 6.92 Å². The van der Waals surface area contributed by atoms with Gasteiger partial charge in [-0.05, 0) is 87.7 Å². The lowest BCUT2D eigenvalue weighted by atomic mass is 9.68. The van der Waals surface area contributed by atoms with E-state index >= 15 is 0 Å². The summed E-state index contributed by atoms with van der Waals surface area (Å²) in [6.07, 6.45) is 17.3. The summed E-state index contributed by atoms with van der Waals surface area (Å²) in [7, 11) is 0. The highest BCUT2D eigenvalue weighted by Gasteiger charge is 2.30. The van der Waals surface area contributed by atoms with Gasteiger partial charge in [0.2, 0.25) is 5.82 Å².